The molecule has 0 amide bonds. The second-order valence-electron chi connectivity index (χ2n) is 4.51. The van der Waals surface area contributed by atoms with E-state index in [0.29, 0.717) is 0 Å². The van der Waals surface area contributed by atoms with Crippen LogP contribution in [-0.4, -0.2) is 54.8 Å². The van der Waals surface area contributed by atoms with Crippen molar-refractivity contribution in [1.29, 1.82) is 0 Å². The zero-order valence-corrected chi connectivity index (χ0v) is 9.88. The molecule has 1 fully saturated rings. The topological polar surface area (TPSA) is 35.5 Å². The highest BCUT2D eigenvalue weighted by molar-refractivity contribution is 4.79. The highest BCUT2D eigenvalue weighted by Crippen LogP contribution is 2.14. The molecule has 1 aliphatic heterocycles. The minimum Gasteiger partial charge on any atom is -0.390 e. The van der Waals surface area contributed by atoms with E-state index < -0.39 is 19.1 Å². The Morgan fingerprint density at radius 3 is 2.50 bits per heavy atom. The molecule has 0 radical (unpaired) electrons. The predicted octanol–water partition coefficient (Wildman–Crippen LogP) is 1.08. The van der Waals surface area contributed by atoms with Crippen molar-refractivity contribution in [3.8, 4) is 0 Å². The van der Waals surface area contributed by atoms with Gasteiger partial charge in [0.15, 0.2) is 0 Å². The predicted molar refractivity (Wildman–Crippen MR) is 59.8 cm³/mol. The van der Waals surface area contributed by atoms with E-state index in [9.17, 15) is 8.78 Å². The molecular formula is C11H22F2N2O. The van der Waals surface area contributed by atoms with Gasteiger partial charge in [0.05, 0.1) is 6.54 Å². The van der Waals surface area contributed by atoms with Gasteiger partial charge in [-0.1, -0.05) is 6.92 Å². The lowest BCUT2D eigenvalue weighted by Crippen LogP contribution is -2.47. The summed E-state index contributed by atoms with van der Waals surface area (Å²) in [5.41, 5.74) is 0. The van der Waals surface area contributed by atoms with Gasteiger partial charge in [-0.15, -0.1) is 0 Å². The Labute approximate surface area is 95.8 Å². The highest BCUT2D eigenvalue weighted by atomic mass is 19.3. The summed E-state index contributed by atoms with van der Waals surface area (Å²) in [7, 11) is 0. The molecule has 0 aliphatic carbocycles. The van der Waals surface area contributed by atoms with E-state index in [-0.39, 0.29) is 6.04 Å². The minimum absolute atomic E-state index is 0.172. The van der Waals surface area contributed by atoms with Crippen molar-refractivity contribution in [2.45, 2.75) is 38.2 Å². The number of alkyl halides is 2. The standard InChI is InChI=1S/C11H22F2N2O/c1-2-5-15-6-3-10(4-7-15)14-8-11(12,13)9-16/h10,14,16H,2-9H2,1H3. The van der Waals surface area contributed by atoms with Gasteiger partial charge in [-0.25, -0.2) is 8.78 Å². The van der Waals surface area contributed by atoms with Crippen LogP contribution in [0.1, 0.15) is 26.2 Å². The first-order valence-corrected chi connectivity index (χ1v) is 6.02. The van der Waals surface area contributed by atoms with E-state index in [4.69, 9.17) is 5.11 Å². The third kappa shape index (κ3) is 4.72. The quantitative estimate of drug-likeness (QED) is 0.724. The molecule has 1 heterocycles. The Hall–Kier alpha value is -0.260. The van der Waals surface area contributed by atoms with Crippen LogP contribution in [-0.2, 0) is 0 Å². The molecule has 0 saturated carbocycles. The summed E-state index contributed by atoms with van der Waals surface area (Å²) in [6.45, 7) is 3.72. The van der Waals surface area contributed by atoms with Crippen molar-refractivity contribution in [3.05, 3.63) is 0 Å². The van der Waals surface area contributed by atoms with Crippen molar-refractivity contribution in [2.75, 3.05) is 32.8 Å². The van der Waals surface area contributed by atoms with Gasteiger partial charge in [0.25, 0.3) is 5.92 Å². The number of rotatable bonds is 6. The molecule has 0 bridgehead atoms. The summed E-state index contributed by atoms with van der Waals surface area (Å²) in [4.78, 5) is 2.36. The fourth-order valence-electron chi connectivity index (χ4n) is 2.03. The Morgan fingerprint density at radius 2 is 2.00 bits per heavy atom. The van der Waals surface area contributed by atoms with Crippen LogP contribution < -0.4 is 5.32 Å². The Morgan fingerprint density at radius 1 is 1.38 bits per heavy atom. The zero-order valence-electron chi connectivity index (χ0n) is 9.88. The molecule has 0 unspecified atom stereocenters. The van der Waals surface area contributed by atoms with Gasteiger partial charge in [-0.2, -0.15) is 0 Å². The van der Waals surface area contributed by atoms with Gasteiger partial charge in [0, 0.05) is 6.04 Å². The van der Waals surface area contributed by atoms with E-state index in [2.05, 4.69) is 17.1 Å². The number of piperidine rings is 1. The molecule has 0 aromatic rings. The second-order valence-corrected chi connectivity index (χ2v) is 4.51. The smallest absolute Gasteiger partial charge is 0.282 e. The molecule has 1 rings (SSSR count). The van der Waals surface area contributed by atoms with E-state index in [0.717, 1.165) is 38.9 Å². The summed E-state index contributed by atoms with van der Waals surface area (Å²) in [5, 5.41) is 11.3. The molecule has 0 aromatic carbocycles. The largest absolute Gasteiger partial charge is 0.390 e. The summed E-state index contributed by atoms with van der Waals surface area (Å²) < 4.78 is 25.6. The average molecular weight is 236 g/mol. The number of halogens is 2. The average Bonchev–Trinajstić information content (AvgIpc) is 2.29. The maximum Gasteiger partial charge on any atom is 0.282 e. The van der Waals surface area contributed by atoms with E-state index >= 15 is 0 Å². The summed E-state index contributed by atoms with van der Waals surface area (Å²) >= 11 is 0. The number of aliphatic hydroxyl groups excluding tert-OH is 1. The molecule has 3 nitrogen and oxygen atoms in total. The molecule has 5 heteroatoms. The lowest BCUT2D eigenvalue weighted by molar-refractivity contribution is -0.0504. The van der Waals surface area contributed by atoms with Crippen LogP contribution in [0.2, 0.25) is 0 Å². The molecule has 2 N–H and O–H groups in total. The number of hydrogen-bond donors (Lipinski definition) is 2. The molecule has 0 spiro atoms. The van der Waals surface area contributed by atoms with E-state index in [1.165, 1.54) is 0 Å². The minimum atomic E-state index is -2.99. The van der Waals surface area contributed by atoms with Gasteiger partial charge in [-0.05, 0) is 38.9 Å². The number of likely N-dealkylation sites (tertiary alicyclic amines) is 1. The summed E-state index contributed by atoms with van der Waals surface area (Å²) in [6.07, 6.45) is 2.98. The highest BCUT2D eigenvalue weighted by Gasteiger charge is 2.29. The molecule has 0 aromatic heterocycles. The monoisotopic (exact) mass is 236 g/mol. The van der Waals surface area contributed by atoms with Crippen LogP contribution in [0.25, 0.3) is 0 Å². The van der Waals surface area contributed by atoms with Crippen LogP contribution in [0.4, 0.5) is 8.78 Å². The fraction of sp³-hybridized carbons (Fsp3) is 1.00. The van der Waals surface area contributed by atoms with Crippen LogP contribution in [0.5, 0.6) is 0 Å². The summed E-state index contributed by atoms with van der Waals surface area (Å²) in [6, 6.07) is 0.172. The molecule has 0 atom stereocenters. The lowest BCUT2D eigenvalue weighted by Gasteiger charge is -2.32. The number of hydrogen-bond acceptors (Lipinski definition) is 3. The van der Waals surface area contributed by atoms with E-state index in [1.807, 2.05) is 0 Å². The van der Waals surface area contributed by atoms with Crippen LogP contribution in [0, 0.1) is 0 Å². The number of nitrogens with one attached hydrogen (secondary N) is 1. The fourth-order valence-corrected chi connectivity index (χ4v) is 2.03. The zero-order chi connectivity index (χ0) is 12.0. The molecule has 1 saturated heterocycles. The van der Waals surface area contributed by atoms with Crippen molar-refractivity contribution < 1.29 is 13.9 Å². The van der Waals surface area contributed by atoms with Crippen molar-refractivity contribution in [2.24, 2.45) is 0 Å². The molecule has 16 heavy (non-hydrogen) atoms. The maximum atomic E-state index is 12.8. The van der Waals surface area contributed by atoms with Crippen molar-refractivity contribution in [3.63, 3.8) is 0 Å². The third-order valence-electron chi connectivity index (χ3n) is 3.01. The molecule has 96 valence electrons. The third-order valence-corrected chi connectivity index (χ3v) is 3.01. The van der Waals surface area contributed by atoms with Gasteiger partial charge in [0.2, 0.25) is 0 Å². The normalized spacial score (nSPS) is 20.2. The first kappa shape index (κ1) is 13.8. The van der Waals surface area contributed by atoms with Gasteiger partial charge in [0.1, 0.15) is 6.61 Å². The van der Waals surface area contributed by atoms with Gasteiger partial charge in [-0.3, -0.25) is 0 Å². The Kier molecular flexibility index (Phi) is 5.58. The SMILES string of the molecule is CCCN1CCC(NCC(F)(F)CO)CC1. The van der Waals surface area contributed by atoms with Crippen molar-refractivity contribution in [1.82, 2.24) is 10.2 Å². The second kappa shape index (κ2) is 6.47. The first-order chi connectivity index (χ1) is 7.57. The molecular weight excluding hydrogens is 214 g/mol. The van der Waals surface area contributed by atoms with Crippen LogP contribution >= 0.6 is 0 Å². The van der Waals surface area contributed by atoms with Gasteiger partial charge >= 0.3 is 0 Å². The van der Waals surface area contributed by atoms with Gasteiger partial charge < -0.3 is 15.3 Å². The maximum absolute atomic E-state index is 12.8. The number of nitrogens with zero attached hydrogens (tertiary/aromatic N) is 1. The van der Waals surface area contributed by atoms with E-state index in [1.54, 1.807) is 0 Å². The summed E-state index contributed by atoms with van der Waals surface area (Å²) in [5.74, 6) is -2.99. The van der Waals surface area contributed by atoms with Crippen LogP contribution in [0.3, 0.4) is 0 Å². The lowest BCUT2D eigenvalue weighted by atomic mass is 10.0. The Bertz CT molecular complexity index is 194. The van der Waals surface area contributed by atoms with Crippen molar-refractivity contribution >= 4 is 0 Å². The Balaban J connectivity index is 2.17. The first-order valence-electron chi connectivity index (χ1n) is 6.02. The van der Waals surface area contributed by atoms with Crippen LogP contribution in [0.15, 0.2) is 0 Å². The molecule has 1 aliphatic rings. The number of aliphatic hydroxyl groups is 1.